The van der Waals surface area contributed by atoms with E-state index in [0.717, 1.165) is 70.4 Å². The highest BCUT2D eigenvalue weighted by Crippen LogP contribution is 2.29. The summed E-state index contributed by atoms with van der Waals surface area (Å²) in [6.07, 6.45) is 7.17. The molecule has 1 saturated heterocycles. The number of carbonyl (C=O) groups is 1. The molecule has 29 heavy (non-hydrogen) atoms. The van der Waals surface area contributed by atoms with E-state index in [2.05, 4.69) is 16.1 Å². The molecule has 0 radical (unpaired) electrons. The number of piperidine rings is 1. The monoisotopic (exact) mass is 409 g/mol. The topological polar surface area (TPSA) is 84.1 Å². The van der Waals surface area contributed by atoms with Crippen LogP contribution in [0.3, 0.4) is 0 Å². The van der Waals surface area contributed by atoms with Crippen LogP contribution >= 0.6 is 11.3 Å². The van der Waals surface area contributed by atoms with Crippen LogP contribution in [0, 0.1) is 0 Å². The Morgan fingerprint density at radius 2 is 1.90 bits per heavy atom. The highest BCUT2D eigenvalue weighted by Gasteiger charge is 2.20. The first-order chi connectivity index (χ1) is 14.2. The largest absolute Gasteiger partial charge is 0.400 e. The highest BCUT2D eigenvalue weighted by molar-refractivity contribution is 7.20. The molecule has 4 aromatic rings. The van der Waals surface area contributed by atoms with Crippen molar-refractivity contribution < 1.29 is 9.90 Å². The average Bonchev–Trinajstić information content (AvgIpc) is 3.36. The molecule has 7 nitrogen and oxygen atoms in total. The molecule has 150 valence electrons. The van der Waals surface area contributed by atoms with E-state index >= 15 is 0 Å². The summed E-state index contributed by atoms with van der Waals surface area (Å²) in [5.41, 5.74) is 2.54. The Hall–Kier alpha value is -2.84. The number of nitrogens with zero attached hydrogens (tertiary/aromatic N) is 5. The Morgan fingerprint density at radius 1 is 1.10 bits per heavy atom. The summed E-state index contributed by atoms with van der Waals surface area (Å²) < 4.78 is 1.76. The quantitative estimate of drug-likeness (QED) is 0.548. The van der Waals surface area contributed by atoms with Crippen molar-refractivity contribution in [2.75, 3.05) is 20.2 Å². The van der Waals surface area contributed by atoms with Gasteiger partial charge >= 0.3 is 0 Å². The number of aliphatic hydroxyl groups excluding tert-OH is 1. The zero-order valence-electron chi connectivity index (χ0n) is 16.5. The van der Waals surface area contributed by atoms with Crippen LogP contribution in [0.25, 0.3) is 32.5 Å². The molecule has 4 aromatic heterocycles. The van der Waals surface area contributed by atoms with Crippen molar-refractivity contribution in [3.05, 3.63) is 41.5 Å². The lowest BCUT2D eigenvalue weighted by molar-refractivity contribution is 0.0729. The maximum atomic E-state index is 12.8. The third-order valence-corrected chi connectivity index (χ3v) is 6.04. The van der Waals surface area contributed by atoms with Crippen LogP contribution < -0.4 is 0 Å². The van der Waals surface area contributed by atoms with E-state index in [1.807, 2.05) is 36.3 Å². The van der Waals surface area contributed by atoms with Gasteiger partial charge in [0.2, 0.25) is 0 Å². The van der Waals surface area contributed by atoms with Crippen LogP contribution in [0.15, 0.2) is 36.7 Å². The van der Waals surface area contributed by atoms with Gasteiger partial charge in [-0.3, -0.25) is 9.48 Å². The molecule has 0 atom stereocenters. The summed E-state index contributed by atoms with van der Waals surface area (Å²) in [4.78, 5) is 25.6. The molecule has 5 heterocycles. The van der Waals surface area contributed by atoms with Crippen LogP contribution in [-0.4, -0.2) is 55.9 Å². The minimum absolute atomic E-state index is 0.137. The molecule has 0 saturated carbocycles. The molecule has 0 unspecified atom stereocenters. The fourth-order valence-electron chi connectivity index (χ4n) is 3.61. The third-order valence-electron chi connectivity index (χ3n) is 5.01. The number of thiophene rings is 1. The molecule has 1 fully saturated rings. The predicted molar refractivity (Wildman–Crippen MR) is 115 cm³/mol. The number of hydrogen-bond donors (Lipinski definition) is 1. The highest BCUT2D eigenvalue weighted by atomic mass is 32.1. The summed E-state index contributed by atoms with van der Waals surface area (Å²) in [5.74, 6) is 0.137. The first kappa shape index (κ1) is 19.5. The predicted octanol–water partition coefficient (Wildman–Crippen LogP) is 3.48. The lowest BCUT2D eigenvalue weighted by Gasteiger charge is -2.26. The van der Waals surface area contributed by atoms with Gasteiger partial charge in [-0.2, -0.15) is 5.10 Å². The molecule has 0 aliphatic carbocycles. The molecule has 8 heteroatoms. The Balaban J connectivity index is 0.000000994. The summed E-state index contributed by atoms with van der Waals surface area (Å²) in [6, 6.07) is 8.05. The van der Waals surface area contributed by atoms with Crippen LogP contribution in [-0.2, 0) is 7.05 Å². The summed E-state index contributed by atoms with van der Waals surface area (Å²) in [6.45, 7) is 1.73. The van der Waals surface area contributed by atoms with Crippen molar-refractivity contribution in [3.63, 3.8) is 0 Å². The zero-order chi connectivity index (χ0) is 20.4. The normalized spacial score (nSPS) is 14.1. The number of aliphatic hydroxyl groups is 1. The SMILES string of the molecule is CO.Cn1cc2cc(-c3ccc4cc(C(=O)N5CCCCC5)sc4n3)cnc2n1. The number of fused-ring (bicyclic) bond motifs is 2. The minimum Gasteiger partial charge on any atom is -0.400 e. The van der Waals surface area contributed by atoms with Gasteiger partial charge in [0.05, 0.1) is 10.6 Å². The van der Waals surface area contributed by atoms with Crippen LogP contribution in [0.2, 0.25) is 0 Å². The van der Waals surface area contributed by atoms with E-state index in [-0.39, 0.29) is 5.91 Å². The Bertz CT molecular complexity index is 1160. The fraction of sp³-hybridized carbons (Fsp3) is 0.333. The van der Waals surface area contributed by atoms with Crippen molar-refractivity contribution >= 4 is 38.5 Å². The number of likely N-dealkylation sites (tertiary alicyclic amines) is 1. The van der Waals surface area contributed by atoms with E-state index in [0.29, 0.717) is 0 Å². The fourth-order valence-corrected chi connectivity index (χ4v) is 4.61. The number of aromatic nitrogens is 4. The Morgan fingerprint density at radius 3 is 2.69 bits per heavy atom. The summed E-state index contributed by atoms with van der Waals surface area (Å²) in [5, 5.41) is 13.3. The molecule has 1 aliphatic heterocycles. The second-order valence-electron chi connectivity index (χ2n) is 6.99. The van der Waals surface area contributed by atoms with Crippen molar-refractivity contribution in [1.29, 1.82) is 0 Å². The van der Waals surface area contributed by atoms with Crippen molar-refractivity contribution in [1.82, 2.24) is 24.6 Å². The van der Waals surface area contributed by atoms with E-state index in [9.17, 15) is 4.79 Å². The summed E-state index contributed by atoms with van der Waals surface area (Å²) in [7, 11) is 2.89. The van der Waals surface area contributed by atoms with Crippen LogP contribution in [0.4, 0.5) is 0 Å². The van der Waals surface area contributed by atoms with Gasteiger partial charge < -0.3 is 10.0 Å². The number of aryl methyl sites for hydroxylation is 1. The van der Waals surface area contributed by atoms with Crippen molar-refractivity contribution in [2.24, 2.45) is 7.05 Å². The zero-order valence-corrected chi connectivity index (χ0v) is 17.3. The molecule has 0 spiro atoms. The lowest BCUT2D eigenvalue weighted by atomic mass is 10.1. The third kappa shape index (κ3) is 3.86. The van der Waals surface area contributed by atoms with Gasteiger partial charge in [0.15, 0.2) is 5.65 Å². The van der Waals surface area contributed by atoms with E-state index in [4.69, 9.17) is 10.1 Å². The maximum Gasteiger partial charge on any atom is 0.264 e. The number of rotatable bonds is 2. The van der Waals surface area contributed by atoms with E-state index in [1.54, 1.807) is 10.9 Å². The van der Waals surface area contributed by atoms with Gasteiger partial charge in [0.1, 0.15) is 4.83 Å². The second-order valence-corrected chi connectivity index (χ2v) is 8.02. The molecular weight excluding hydrogens is 386 g/mol. The number of amides is 1. The van der Waals surface area contributed by atoms with Crippen molar-refractivity contribution in [2.45, 2.75) is 19.3 Å². The van der Waals surface area contributed by atoms with Gasteiger partial charge in [-0.25, -0.2) is 9.97 Å². The van der Waals surface area contributed by atoms with Gasteiger partial charge in [0.25, 0.3) is 5.91 Å². The molecule has 5 rings (SSSR count). The number of hydrogen-bond acceptors (Lipinski definition) is 6. The van der Waals surface area contributed by atoms with E-state index < -0.39 is 0 Å². The van der Waals surface area contributed by atoms with Crippen LogP contribution in [0.5, 0.6) is 0 Å². The number of pyridine rings is 2. The Labute approximate surface area is 172 Å². The second kappa shape index (κ2) is 8.26. The first-order valence-corrected chi connectivity index (χ1v) is 10.4. The van der Waals surface area contributed by atoms with Crippen LogP contribution in [0.1, 0.15) is 28.9 Å². The summed E-state index contributed by atoms with van der Waals surface area (Å²) >= 11 is 1.48. The van der Waals surface area contributed by atoms with Gasteiger partial charge in [-0.05, 0) is 43.5 Å². The van der Waals surface area contributed by atoms with Crippen molar-refractivity contribution in [3.8, 4) is 11.3 Å². The maximum absolute atomic E-state index is 12.8. The number of carbonyl (C=O) groups excluding carboxylic acids is 1. The van der Waals surface area contributed by atoms with Gasteiger partial charge in [-0.15, -0.1) is 11.3 Å². The molecule has 1 amide bonds. The standard InChI is InChI=1S/C20H19N5OS.CH4O/c1-24-12-15-9-14(11-21-18(15)23-24)16-6-5-13-10-17(27-19(13)22-16)20(26)25-7-3-2-4-8-25;1-2/h5-6,9-12H,2-4,7-8H2,1H3;2H,1H3. The Kier molecular flexibility index (Phi) is 5.55. The molecule has 0 bridgehead atoms. The van der Waals surface area contributed by atoms with E-state index in [1.165, 1.54) is 17.8 Å². The average molecular weight is 410 g/mol. The first-order valence-electron chi connectivity index (χ1n) is 9.62. The lowest BCUT2D eigenvalue weighted by Crippen LogP contribution is -2.35. The molecule has 1 N–H and O–H groups in total. The van der Waals surface area contributed by atoms with Gasteiger partial charge in [0, 0.05) is 56.0 Å². The minimum atomic E-state index is 0.137. The molecule has 0 aromatic carbocycles. The molecular formula is C21H23N5O2S. The molecule has 1 aliphatic rings. The smallest absolute Gasteiger partial charge is 0.264 e. The van der Waals surface area contributed by atoms with Gasteiger partial charge in [-0.1, -0.05) is 0 Å².